The van der Waals surface area contributed by atoms with E-state index in [1.54, 1.807) is 18.2 Å². The van der Waals surface area contributed by atoms with Crippen LogP contribution < -0.4 is 14.8 Å². The lowest BCUT2D eigenvalue weighted by molar-refractivity contribution is -0.136. The molecule has 5 aromatic rings. The minimum absolute atomic E-state index is 0.0848. The van der Waals surface area contributed by atoms with Gasteiger partial charge in [0.25, 0.3) is 11.8 Å². The monoisotopic (exact) mass is 812 g/mol. The molecule has 2 saturated carbocycles. The first-order chi connectivity index (χ1) is 29.1. The second kappa shape index (κ2) is 16.8. The standard InChI is InChI=1S/C47H52N6O7/c1-28(2)52(20-4-5-21-58-33-12-14-37-38(25-33)47(57)53(46(37)56)41-15-16-43(54)50-45(41)55)31-8-10-32(11-9-31)59-34-23-35(24-34)60-44-17-7-30(26-49-44)29-6-13-36-39-27-48-19-18-40(39)51(3)42(36)22-29/h6-7,12-14,17-19,22,25-28,31-32,34-35,41H,4-5,8-11,15-16,20-21,23-24H2,1-3H3,(H,50,54,55). The summed E-state index contributed by atoms with van der Waals surface area (Å²) >= 11 is 0. The van der Waals surface area contributed by atoms with E-state index in [1.807, 2.05) is 24.7 Å². The van der Waals surface area contributed by atoms with Crippen LogP contribution in [-0.2, 0) is 21.4 Å². The predicted molar refractivity (Wildman–Crippen MR) is 226 cm³/mol. The van der Waals surface area contributed by atoms with Crippen molar-refractivity contribution in [2.45, 2.75) is 114 Å². The highest BCUT2D eigenvalue weighted by atomic mass is 16.5. The summed E-state index contributed by atoms with van der Waals surface area (Å²) in [6.45, 7) is 5.99. The number of piperidine rings is 1. The third-order valence-electron chi connectivity index (χ3n) is 12.9. The molecule has 0 spiro atoms. The number of ether oxygens (including phenoxy) is 3. The number of aryl methyl sites for hydroxylation is 1. The Morgan fingerprint density at radius 1 is 0.800 bits per heavy atom. The third-order valence-corrected chi connectivity index (χ3v) is 12.9. The Labute approximate surface area is 349 Å². The van der Waals surface area contributed by atoms with Gasteiger partial charge in [0.05, 0.1) is 35.5 Å². The largest absolute Gasteiger partial charge is 0.494 e. The van der Waals surface area contributed by atoms with Crippen molar-refractivity contribution in [1.82, 2.24) is 29.7 Å². The molecular formula is C47H52N6O7. The number of fused-ring (bicyclic) bond motifs is 4. The molecule has 5 heterocycles. The molecular weight excluding hydrogens is 761 g/mol. The zero-order chi connectivity index (χ0) is 41.5. The average molecular weight is 813 g/mol. The van der Waals surface area contributed by atoms with Crippen LogP contribution in [0.25, 0.3) is 32.9 Å². The predicted octanol–water partition coefficient (Wildman–Crippen LogP) is 7.00. The molecule has 1 atom stereocenters. The van der Waals surface area contributed by atoms with Gasteiger partial charge in [-0.1, -0.05) is 12.1 Å². The molecule has 2 aliphatic carbocycles. The summed E-state index contributed by atoms with van der Waals surface area (Å²) in [5.74, 6) is -0.907. The van der Waals surface area contributed by atoms with E-state index in [0.29, 0.717) is 30.3 Å². The van der Waals surface area contributed by atoms with Gasteiger partial charge in [0.2, 0.25) is 17.7 Å². The number of unbranched alkanes of at least 4 members (excludes halogenated alkanes) is 1. The van der Waals surface area contributed by atoms with Crippen molar-refractivity contribution in [2.24, 2.45) is 7.05 Å². The lowest BCUT2D eigenvalue weighted by atomic mass is 9.88. The summed E-state index contributed by atoms with van der Waals surface area (Å²) in [6.07, 6.45) is 14.4. The van der Waals surface area contributed by atoms with Crippen LogP contribution >= 0.6 is 0 Å². The Hall–Kier alpha value is -5.66. The molecule has 9 rings (SSSR count). The summed E-state index contributed by atoms with van der Waals surface area (Å²) in [4.78, 5) is 62.7. The molecule has 4 aliphatic rings. The van der Waals surface area contributed by atoms with Crippen molar-refractivity contribution in [3.05, 3.63) is 84.3 Å². The maximum absolute atomic E-state index is 13.2. The van der Waals surface area contributed by atoms with Crippen LogP contribution in [0.4, 0.5) is 0 Å². The average Bonchev–Trinajstić information content (AvgIpc) is 3.66. The Bertz CT molecular complexity index is 2430. The molecule has 60 heavy (non-hydrogen) atoms. The van der Waals surface area contributed by atoms with Gasteiger partial charge in [0, 0.05) is 84.9 Å². The number of rotatable bonds is 14. The maximum Gasteiger partial charge on any atom is 0.262 e. The molecule has 0 bridgehead atoms. The van der Waals surface area contributed by atoms with Crippen LogP contribution in [0.3, 0.4) is 0 Å². The normalized spacial score (nSPS) is 23.1. The topological polar surface area (TPSA) is 145 Å². The van der Waals surface area contributed by atoms with Crippen LogP contribution in [0.15, 0.2) is 73.2 Å². The molecule has 312 valence electrons. The van der Waals surface area contributed by atoms with Gasteiger partial charge in [0.15, 0.2) is 0 Å². The van der Waals surface area contributed by atoms with Crippen molar-refractivity contribution in [2.75, 3.05) is 13.2 Å². The number of nitrogens with zero attached hydrogens (tertiary/aromatic N) is 5. The van der Waals surface area contributed by atoms with Gasteiger partial charge in [-0.3, -0.25) is 39.3 Å². The van der Waals surface area contributed by atoms with Crippen LogP contribution in [0, 0.1) is 0 Å². The Morgan fingerprint density at radius 2 is 1.60 bits per heavy atom. The van der Waals surface area contributed by atoms with E-state index in [9.17, 15) is 19.2 Å². The number of aromatic nitrogens is 3. The number of hydrogen-bond donors (Lipinski definition) is 1. The Kier molecular flexibility index (Phi) is 11.1. The third kappa shape index (κ3) is 7.88. The molecule has 3 fully saturated rings. The summed E-state index contributed by atoms with van der Waals surface area (Å²) in [5.41, 5.74) is 4.98. The van der Waals surface area contributed by atoms with Crippen molar-refractivity contribution in [1.29, 1.82) is 0 Å². The number of benzene rings is 2. The van der Waals surface area contributed by atoms with Gasteiger partial charge >= 0.3 is 0 Å². The molecule has 1 N–H and O–H groups in total. The van der Waals surface area contributed by atoms with E-state index in [4.69, 9.17) is 14.2 Å². The van der Waals surface area contributed by atoms with Crippen molar-refractivity contribution in [3.8, 4) is 22.8 Å². The van der Waals surface area contributed by atoms with Gasteiger partial charge in [0.1, 0.15) is 17.9 Å². The zero-order valence-electron chi connectivity index (χ0n) is 34.5. The lowest BCUT2D eigenvalue weighted by Gasteiger charge is -2.42. The number of carbonyl (C=O) groups excluding carboxylic acids is 4. The van der Waals surface area contributed by atoms with Crippen LogP contribution in [0.5, 0.6) is 11.6 Å². The second-order valence-electron chi connectivity index (χ2n) is 17.0. The summed E-state index contributed by atoms with van der Waals surface area (Å²) < 4.78 is 21.0. The number of imide groups is 2. The van der Waals surface area contributed by atoms with E-state index in [2.05, 4.69) is 76.0 Å². The summed E-state index contributed by atoms with van der Waals surface area (Å²) in [5, 5.41) is 4.58. The highest BCUT2D eigenvalue weighted by Gasteiger charge is 2.45. The van der Waals surface area contributed by atoms with Gasteiger partial charge < -0.3 is 18.8 Å². The number of hydrogen-bond acceptors (Lipinski definition) is 10. The molecule has 1 unspecified atom stereocenters. The number of amides is 4. The van der Waals surface area contributed by atoms with Crippen LogP contribution in [0.2, 0.25) is 0 Å². The highest BCUT2D eigenvalue weighted by molar-refractivity contribution is 6.23. The maximum atomic E-state index is 13.2. The minimum atomic E-state index is -0.987. The molecule has 13 nitrogen and oxygen atoms in total. The second-order valence-corrected chi connectivity index (χ2v) is 17.0. The van der Waals surface area contributed by atoms with E-state index in [-0.39, 0.29) is 42.3 Å². The van der Waals surface area contributed by atoms with E-state index >= 15 is 0 Å². The van der Waals surface area contributed by atoms with Gasteiger partial charge in [-0.25, -0.2) is 4.98 Å². The van der Waals surface area contributed by atoms with E-state index in [1.165, 1.54) is 16.4 Å². The molecule has 1 saturated heterocycles. The highest BCUT2D eigenvalue weighted by Crippen LogP contribution is 2.36. The number of nitrogens with one attached hydrogen (secondary N) is 1. The van der Waals surface area contributed by atoms with Gasteiger partial charge in [-0.2, -0.15) is 0 Å². The van der Waals surface area contributed by atoms with E-state index < -0.39 is 29.7 Å². The fourth-order valence-corrected chi connectivity index (χ4v) is 9.52. The van der Waals surface area contributed by atoms with Crippen LogP contribution in [-0.4, -0.2) is 97.6 Å². The first-order valence-electron chi connectivity index (χ1n) is 21.5. The fraction of sp³-hybridized carbons (Fsp3) is 0.447. The Morgan fingerprint density at radius 3 is 2.37 bits per heavy atom. The first-order valence-corrected chi connectivity index (χ1v) is 21.5. The smallest absolute Gasteiger partial charge is 0.262 e. The first kappa shape index (κ1) is 39.8. The van der Waals surface area contributed by atoms with Gasteiger partial charge in [-0.15, -0.1) is 0 Å². The summed E-state index contributed by atoms with van der Waals surface area (Å²) in [6, 6.07) is 17.5. The van der Waals surface area contributed by atoms with Gasteiger partial charge in [-0.05, 0) is 107 Å². The molecule has 0 radical (unpaired) electrons. The molecule has 3 aromatic heterocycles. The molecule has 2 aliphatic heterocycles. The lowest BCUT2D eigenvalue weighted by Crippen LogP contribution is -2.54. The Balaban J connectivity index is 0.682. The van der Waals surface area contributed by atoms with Crippen LogP contribution in [0.1, 0.15) is 98.8 Å². The minimum Gasteiger partial charge on any atom is -0.494 e. The number of pyridine rings is 2. The molecule has 2 aromatic carbocycles. The summed E-state index contributed by atoms with van der Waals surface area (Å²) in [7, 11) is 2.09. The van der Waals surface area contributed by atoms with Crippen molar-refractivity contribution >= 4 is 45.4 Å². The molecule has 13 heteroatoms. The van der Waals surface area contributed by atoms with Crippen molar-refractivity contribution in [3.63, 3.8) is 0 Å². The fourth-order valence-electron chi connectivity index (χ4n) is 9.52. The van der Waals surface area contributed by atoms with E-state index in [0.717, 1.165) is 79.3 Å². The quantitative estimate of drug-likeness (QED) is 0.0920. The number of carbonyl (C=O) groups is 4. The zero-order valence-corrected chi connectivity index (χ0v) is 34.5. The molecule has 4 amide bonds. The van der Waals surface area contributed by atoms with Crippen molar-refractivity contribution < 1.29 is 33.4 Å². The SMILES string of the molecule is CC(C)N(CCCCOc1ccc2c(c1)C(=O)N(C1CCC(=O)NC1=O)C2=O)C1CCC(OC2CC(Oc3ccc(-c4ccc5c6cnccc6n(C)c5c4)cn3)C2)CC1.